The summed E-state index contributed by atoms with van der Waals surface area (Å²) < 4.78 is 0. The molecule has 6 aromatic carbocycles. The number of hydrogen-bond donors (Lipinski definition) is 0. The Morgan fingerprint density at radius 3 is 0.485 bits per heavy atom. The Labute approximate surface area is 404 Å². The van der Waals surface area contributed by atoms with Crippen LogP contribution in [0.3, 0.4) is 0 Å². The maximum atomic E-state index is 4.15. The fraction of sp³-hybridized carbons (Fsp3) is 0.294. The summed E-state index contributed by atoms with van der Waals surface area (Å²) in [7, 11) is 0. The first-order valence-corrected chi connectivity index (χ1v) is 24.7. The molecule has 0 aliphatic heterocycles. The van der Waals surface area contributed by atoms with Crippen molar-refractivity contribution in [2.45, 2.75) is 77.0 Å². The summed E-state index contributed by atoms with van der Waals surface area (Å²) in [4.78, 5) is 0. The second kappa shape index (κ2) is 16.2. The Bertz CT molecular complexity index is 2680. The maximum Gasteiger partial charge on any atom is 0.0352 e. The molecule has 0 amide bonds. The molecule has 8 saturated carbocycles. The minimum Gasteiger partial charge on any atom is -0.0909 e. The van der Waals surface area contributed by atoms with E-state index in [4.69, 9.17) is 0 Å². The Morgan fingerprint density at radius 1 is 0.191 bits per heavy atom. The highest BCUT2D eigenvalue weighted by Gasteiger charge is 2.78. The molecule has 6 aromatic rings. The zero-order chi connectivity index (χ0) is 45.6. The fourth-order valence-electron chi connectivity index (χ4n) is 15.6. The van der Waals surface area contributed by atoms with E-state index >= 15 is 0 Å². The number of rotatable bonds is 1. The van der Waals surface area contributed by atoms with Gasteiger partial charge in [-0.05, 0) is 161 Å². The lowest BCUT2D eigenvalue weighted by Crippen LogP contribution is -2.71. The molecule has 14 rings (SSSR count). The van der Waals surface area contributed by atoms with Crippen LogP contribution >= 0.6 is 0 Å². The second-order valence-electron chi connectivity index (χ2n) is 22.1. The third-order valence-corrected chi connectivity index (χ3v) is 16.7. The van der Waals surface area contributed by atoms with Crippen molar-refractivity contribution in [3.8, 4) is 71.0 Å². The third-order valence-electron chi connectivity index (χ3n) is 16.7. The summed E-state index contributed by atoms with van der Waals surface area (Å²) in [6, 6.07) is 63.9. The van der Waals surface area contributed by atoms with Gasteiger partial charge in [0.1, 0.15) is 0 Å². The summed E-state index contributed by atoms with van der Waals surface area (Å²) in [5, 5.41) is 0. The standard InChI is InChI=1S/C68H54/c1-7-19-55(20-8-1)31-37-61-43-62(38-32-56-21-9-2-10-22-56)45-63(44-61,39-33-57-23-11-3-12-24-57)51-67(49-61,50-62)68-52-64(40-34-58-25-13-4-14-26-58)46-65(53-68,41-35-59-27-15-5-16-28-59)48-66(47-64,54-68)42-36-60-29-17-6-18-30-60/h1-30H,43-54H2. The molecule has 0 unspecified atom stereocenters. The minimum atomic E-state index is -0.278. The average molecular weight is 871 g/mol. The predicted octanol–water partition coefficient (Wildman–Crippen LogP) is 14.0. The van der Waals surface area contributed by atoms with Crippen LogP contribution in [-0.2, 0) is 0 Å². The Morgan fingerprint density at radius 2 is 0.338 bits per heavy atom. The van der Waals surface area contributed by atoms with E-state index in [-0.39, 0.29) is 43.3 Å². The molecular weight excluding hydrogens is 817 g/mol. The van der Waals surface area contributed by atoms with Crippen molar-refractivity contribution in [2.24, 2.45) is 43.3 Å². The van der Waals surface area contributed by atoms with E-state index in [0.717, 1.165) is 110 Å². The predicted molar refractivity (Wildman–Crippen MR) is 275 cm³/mol. The van der Waals surface area contributed by atoms with Crippen LogP contribution in [-0.4, -0.2) is 0 Å². The number of hydrogen-bond acceptors (Lipinski definition) is 0. The second-order valence-corrected chi connectivity index (χ2v) is 22.1. The van der Waals surface area contributed by atoms with Crippen molar-refractivity contribution in [1.82, 2.24) is 0 Å². The van der Waals surface area contributed by atoms with Gasteiger partial charge in [-0.15, -0.1) is 0 Å². The Balaban J connectivity index is 1.11. The lowest BCUT2D eigenvalue weighted by molar-refractivity contribution is -0.261. The van der Waals surface area contributed by atoms with Crippen LogP contribution in [0, 0.1) is 114 Å². The van der Waals surface area contributed by atoms with Crippen LogP contribution in [0.5, 0.6) is 0 Å². The molecular formula is C68H54. The van der Waals surface area contributed by atoms with E-state index < -0.39 is 0 Å². The zero-order valence-electron chi connectivity index (χ0n) is 38.8. The van der Waals surface area contributed by atoms with Crippen molar-refractivity contribution in [3.63, 3.8) is 0 Å². The summed E-state index contributed by atoms with van der Waals surface area (Å²) in [6.45, 7) is 0. The van der Waals surface area contributed by atoms with E-state index in [2.05, 4.69) is 253 Å². The Hall–Kier alpha value is -7.32. The lowest BCUT2D eigenvalue weighted by Gasteiger charge is -2.77. The van der Waals surface area contributed by atoms with E-state index in [0.29, 0.717) is 0 Å². The highest BCUT2D eigenvalue weighted by atomic mass is 14.8. The first-order chi connectivity index (χ1) is 33.2. The molecule has 0 saturated heterocycles. The topological polar surface area (TPSA) is 0 Å². The van der Waals surface area contributed by atoms with Crippen LogP contribution in [0.25, 0.3) is 0 Å². The van der Waals surface area contributed by atoms with Crippen molar-refractivity contribution in [1.29, 1.82) is 0 Å². The molecule has 0 N–H and O–H groups in total. The van der Waals surface area contributed by atoms with Crippen LogP contribution in [0.2, 0.25) is 0 Å². The first-order valence-electron chi connectivity index (χ1n) is 24.7. The highest BCUT2D eigenvalue weighted by Crippen LogP contribution is 2.85. The van der Waals surface area contributed by atoms with Crippen LogP contribution < -0.4 is 0 Å². The van der Waals surface area contributed by atoms with Gasteiger partial charge in [0.05, 0.1) is 0 Å². The quantitative estimate of drug-likeness (QED) is 0.144. The van der Waals surface area contributed by atoms with Crippen LogP contribution in [0.4, 0.5) is 0 Å². The van der Waals surface area contributed by atoms with Crippen molar-refractivity contribution < 1.29 is 0 Å². The smallest absolute Gasteiger partial charge is 0.0352 e. The van der Waals surface area contributed by atoms with Gasteiger partial charge in [-0.3, -0.25) is 0 Å². The summed E-state index contributed by atoms with van der Waals surface area (Å²) in [5.74, 6) is 47.7. The highest BCUT2D eigenvalue weighted by molar-refractivity contribution is 5.49. The molecule has 0 heteroatoms. The Kier molecular flexibility index (Phi) is 10.0. The molecule has 0 radical (unpaired) electrons. The fourth-order valence-corrected chi connectivity index (χ4v) is 15.6. The maximum absolute atomic E-state index is 4.15. The summed E-state index contributed by atoms with van der Waals surface area (Å²) in [6.07, 6.45) is 12.0. The molecule has 68 heavy (non-hydrogen) atoms. The van der Waals surface area contributed by atoms with Gasteiger partial charge in [0.25, 0.3) is 0 Å². The molecule has 0 aromatic heterocycles. The molecule has 0 nitrogen and oxygen atoms in total. The largest absolute Gasteiger partial charge is 0.0909 e. The van der Waals surface area contributed by atoms with Crippen molar-refractivity contribution in [3.05, 3.63) is 215 Å². The third kappa shape index (κ3) is 7.85. The van der Waals surface area contributed by atoms with E-state index in [1.807, 2.05) is 0 Å². The molecule has 8 fully saturated rings. The molecule has 0 heterocycles. The molecule has 8 aliphatic rings. The van der Waals surface area contributed by atoms with Gasteiger partial charge in [-0.1, -0.05) is 180 Å². The van der Waals surface area contributed by atoms with Gasteiger partial charge in [-0.2, -0.15) is 0 Å². The molecule has 326 valence electrons. The molecule has 0 spiro atoms. The number of benzene rings is 6. The van der Waals surface area contributed by atoms with Gasteiger partial charge < -0.3 is 0 Å². The first kappa shape index (κ1) is 42.1. The minimum absolute atomic E-state index is 0.135. The van der Waals surface area contributed by atoms with Crippen LogP contribution in [0.1, 0.15) is 110 Å². The monoisotopic (exact) mass is 870 g/mol. The average Bonchev–Trinajstić information content (AvgIpc) is 3.36. The molecule has 8 aliphatic carbocycles. The van der Waals surface area contributed by atoms with Crippen molar-refractivity contribution >= 4 is 0 Å². The van der Waals surface area contributed by atoms with Crippen LogP contribution in [0.15, 0.2) is 182 Å². The molecule has 0 atom stereocenters. The van der Waals surface area contributed by atoms with E-state index in [1.165, 1.54) is 0 Å². The SMILES string of the molecule is C(#CC12CC3(C#Cc4ccccc4)CC(C#Cc4ccccc4)(C1)CC(C14CC5(C#Cc6ccccc6)CC(C#Cc6ccccc6)(CC(C#Cc6ccccc6)(C5)C1)C4)(C2)C3)c1ccccc1. The van der Waals surface area contributed by atoms with Gasteiger partial charge in [-0.25, -0.2) is 0 Å². The normalized spacial score (nSPS) is 32.6. The van der Waals surface area contributed by atoms with E-state index in [9.17, 15) is 0 Å². The van der Waals surface area contributed by atoms with Crippen molar-refractivity contribution in [2.75, 3.05) is 0 Å². The van der Waals surface area contributed by atoms with Gasteiger partial charge in [0.15, 0.2) is 0 Å². The summed E-state index contributed by atoms with van der Waals surface area (Å²) in [5.41, 5.74) is 4.48. The summed E-state index contributed by atoms with van der Waals surface area (Å²) >= 11 is 0. The van der Waals surface area contributed by atoms with Gasteiger partial charge in [0, 0.05) is 65.9 Å². The van der Waals surface area contributed by atoms with Gasteiger partial charge >= 0.3 is 0 Å². The van der Waals surface area contributed by atoms with Gasteiger partial charge in [0.2, 0.25) is 0 Å². The van der Waals surface area contributed by atoms with E-state index in [1.54, 1.807) is 0 Å². The molecule has 8 bridgehead atoms. The zero-order valence-corrected chi connectivity index (χ0v) is 38.8. The lowest BCUT2D eigenvalue weighted by atomic mass is 9.25.